The zero-order valence-electron chi connectivity index (χ0n) is 53.1. The average molecular weight is 1120 g/mol. The maximum absolute atomic E-state index is 13.0. The van der Waals surface area contributed by atoms with E-state index in [9.17, 15) is 14.4 Å². The molecular weight excluding hydrogens is 985 g/mol. The quantitative estimate of drug-likeness (QED) is 0.0261. The van der Waals surface area contributed by atoms with Gasteiger partial charge in [-0.15, -0.1) is 0 Å². The predicted octanol–water partition coefficient (Wildman–Crippen LogP) is 23.8. The first-order chi connectivity index (χ1) is 39.5. The van der Waals surface area contributed by atoms with E-state index in [2.05, 4.69) is 106 Å². The molecule has 0 N–H and O–H groups in total. The van der Waals surface area contributed by atoms with Crippen LogP contribution in [0.5, 0.6) is 0 Å². The summed E-state index contributed by atoms with van der Waals surface area (Å²) in [6.07, 6.45) is 90.3. The van der Waals surface area contributed by atoms with Gasteiger partial charge in [0.15, 0.2) is 6.10 Å². The van der Waals surface area contributed by atoms with Crippen molar-refractivity contribution in [1.82, 2.24) is 0 Å². The molecule has 0 saturated carbocycles. The lowest BCUT2D eigenvalue weighted by molar-refractivity contribution is -0.167. The van der Waals surface area contributed by atoms with Crippen molar-refractivity contribution < 1.29 is 28.6 Å². The third-order valence-electron chi connectivity index (χ3n) is 15.1. The van der Waals surface area contributed by atoms with Gasteiger partial charge in [0, 0.05) is 19.3 Å². The first kappa shape index (κ1) is 76.6. The highest BCUT2D eigenvalue weighted by Gasteiger charge is 2.19. The van der Waals surface area contributed by atoms with E-state index in [1.807, 2.05) is 0 Å². The van der Waals surface area contributed by atoms with E-state index in [0.717, 1.165) is 103 Å². The zero-order valence-corrected chi connectivity index (χ0v) is 53.1. The lowest BCUT2D eigenvalue weighted by Gasteiger charge is -2.18. The first-order valence-electron chi connectivity index (χ1n) is 34.6. The predicted molar refractivity (Wildman–Crippen MR) is 348 cm³/mol. The van der Waals surface area contributed by atoms with Gasteiger partial charge in [0.05, 0.1) is 0 Å². The summed E-state index contributed by atoms with van der Waals surface area (Å²) < 4.78 is 17.0. The summed E-state index contributed by atoms with van der Waals surface area (Å²) in [6.45, 7) is 6.55. The number of carbonyl (C=O) groups excluding carboxylic acids is 3. The van der Waals surface area contributed by atoms with Crippen molar-refractivity contribution in [1.29, 1.82) is 0 Å². The molecule has 0 fully saturated rings. The molecular formula is C74H130O6. The Labute approximate surface area is 496 Å². The van der Waals surface area contributed by atoms with Gasteiger partial charge in [0.2, 0.25) is 0 Å². The molecule has 0 amide bonds. The van der Waals surface area contributed by atoms with Crippen LogP contribution in [0.2, 0.25) is 0 Å². The van der Waals surface area contributed by atoms with Crippen LogP contribution in [-0.2, 0) is 28.6 Å². The van der Waals surface area contributed by atoms with Crippen LogP contribution >= 0.6 is 0 Å². The summed E-state index contributed by atoms with van der Waals surface area (Å²) in [5, 5.41) is 0. The van der Waals surface area contributed by atoms with Crippen molar-refractivity contribution in [2.24, 2.45) is 0 Å². The number of hydrogen-bond donors (Lipinski definition) is 0. The third-order valence-corrected chi connectivity index (χ3v) is 15.1. The van der Waals surface area contributed by atoms with Gasteiger partial charge in [0.1, 0.15) is 13.2 Å². The molecule has 0 aromatic carbocycles. The number of carbonyl (C=O) groups is 3. The van der Waals surface area contributed by atoms with E-state index >= 15 is 0 Å². The van der Waals surface area contributed by atoms with Crippen LogP contribution in [-0.4, -0.2) is 37.2 Å². The summed E-state index contributed by atoms with van der Waals surface area (Å²) in [5.41, 5.74) is 0. The Morgan fingerprint density at radius 2 is 0.487 bits per heavy atom. The lowest BCUT2D eigenvalue weighted by atomic mass is 10.0. The second-order valence-electron chi connectivity index (χ2n) is 23.1. The Balaban J connectivity index is 4.33. The molecule has 1 unspecified atom stereocenters. The Morgan fingerprint density at radius 3 is 0.775 bits per heavy atom. The maximum atomic E-state index is 13.0. The molecule has 80 heavy (non-hydrogen) atoms. The number of allylic oxidation sites excluding steroid dienone is 14. The monoisotopic (exact) mass is 1110 g/mol. The molecule has 0 aliphatic carbocycles. The molecule has 0 rings (SSSR count). The Bertz CT molecular complexity index is 1520. The van der Waals surface area contributed by atoms with E-state index in [-0.39, 0.29) is 31.1 Å². The largest absolute Gasteiger partial charge is 0.462 e. The van der Waals surface area contributed by atoms with Crippen molar-refractivity contribution in [2.75, 3.05) is 13.2 Å². The molecule has 462 valence electrons. The van der Waals surface area contributed by atoms with E-state index in [1.54, 1.807) is 0 Å². The molecule has 6 nitrogen and oxygen atoms in total. The van der Waals surface area contributed by atoms with Crippen LogP contribution in [0.25, 0.3) is 0 Å². The van der Waals surface area contributed by atoms with Gasteiger partial charge >= 0.3 is 17.9 Å². The SMILES string of the molecule is CC/C=C\C/C=C\C/C=C\C/C=C\C/C=C\CCCCCCCCCCCC(=O)OCC(COC(=O)CCCCCCC/C=C\CCCCCCC)OC(=O)CCCCCCCCCCCCC/C=C\CCCCCCCCCC. The highest BCUT2D eigenvalue weighted by atomic mass is 16.6. The second-order valence-corrected chi connectivity index (χ2v) is 23.1. The molecule has 0 aliphatic rings. The molecule has 0 radical (unpaired) electrons. The fourth-order valence-corrected chi connectivity index (χ4v) is 9.93. The van der Waals surface area contributed by atoms with Gasteiger partial charge < -0.3 is 14.2 Å². The van der Waals surface area contributed by atoms with Crippen molar-refractivity contribution in [2.45, 2.75) is 354 Å². The Morgan fingerprint density at radius 1 is 0.263 bits per heavy atom. The number of unbranched alkanes of at least 4 members (excludes halogenated alkanes) is 38. The van der Waals surface area contributed by atoms with Crippen LogP contribution in [0.4, 0.5) is 0 Å². The van der Waals surface area contributed by atoms with E-state index in [1.165, 1.54) is 205 Å². The summed E-state index contributed by atoms with van der Waals surface area (Å²) in [5.74, 6) is -0.879. The molecule has 0 saturated heterocycles. The summed E-state index contributed by atoms with van der Waals surface area (Å²) in [7, 11) is 0. The first-order valence-corrected chi connectivity index (χ1v) is 34.6. The van der Waals surface area contributed by atoms with Crippen LogP contribution in [0.1, 0.15) is 348 Å². The van der Waals surface area contributed by atoms with Crippen LogP contribution < -0.4 is 0 Å². The van der Waals surface area contributed by atoms with Crippen molar-refractivity contribution in [3.05, 3.63) is 85.1 Å². The molecule has 0 heterocycles. The minimum Gasteiger partial charge on any atom is -0.462 e. The number of ether oxygens (including phenoxy) is 3. The van der Waals surface area contributed by atoms with Crippen molar-refractivity contribution >= 4 is 17.9 Å². The zero-order chi connectivity index (χ0) is 57.8. The highest BCUT2D eigenvalue weighted by Crippen LogP contribution is 2.17. The smallest absolute Gasteiger partial charge is 0.306 e. The van der Waals surface area contributed by atoms with Crippen LogP contribution in [0.15, 0.2) is 85.1 Å². The van der Waals surface area contributed by atoms with Crippen LogP contribution in [0.3, 0.4) is 0 Å². The lowest BCUT2D eigenvalue weighted by Crippen LogP contribution is -2.30. The molecule has 0 aromatic rings. The molecule has 0 aromatic heterocycles. The summed E-state index contributed by atoms with van der Waals surface area (Å²) >= 11 is 0. The molecule has 6 heteroatoms. The van der Waals surface area contributed by atoms with E-state index in [0.29, 0.717) is 19.3 Å². The van der Waals surface area contributed by atoms with E-state index < -0.39 is 6.10 Å². The Kier molecular flexibility index (Phi) is 65.2. The van der Waals surface area contributed by atoms with Crippen LogP contribution in [0, 0.1) is 0 Å². The molecule has 0 spiro atoms. The molecule has 1 atom stereocenters. The minimum absolute atomic E-state index is 0.0807. The second kappa shape index (κ2) is 68.1. The number of esters is 3. The summed E-state index contributed by atoms with van der Waals surface area (Å²) in [6, 6.07) is 0. The minimum atomic E-state index is -0.784. The van der Waals surface area contributed by atoms with Crippen molar-refractivity contribution in [3.8, 4) is 0 Å². The van der Waals surface area contributed by atoms with Gasteiger partial charge in [-0.25, -0.2) is 0 Å². The summed E-state index contributed by atoms with van der Waals surface area (Å²) in [4.78, 5) is 38.4. The average Bonchev–Trinajstić information content (AvgIpc) is 3.46. The van der Waals surface area contributed by atoms with Crippen molar-refractivity contribution in [3.63, 3.8) is 0 Å². The third kappa shape index (κ3) is 65.4. The Hall–Kier alpha value is -3.41. The van der Waals surface area contributed by atoms with Gasteiger partial charge in [-0.05, 0) is 116 Å². The van der Waals surface area contributed by atoms with Gasteiger partial charge in [-0.1, -0.05) is 298 Å². The molecule has 0 bridgehead atoms. The van der Waals surface area contributed by atoms with Gasteiger partial charge in [-0.3, -0.25) is 14.4 Å². The number of rotatable bonds is 63. The van der Waals surface area contributed by atoms with E-state index in [4.69, 9.17) is 14.2 Å². The van der Waals surface area contributed by atoms with Gasteiger partial charge in [0.25, 0.3) is 0 Å². The number of hydrogen-bond acceptors (Lipinski definition) is 6. The normalized spacial score (nSPS) is 12.6. The fraction of sp³-hybridized carbons (Fsp3) is 0.770. The standard InChI is InChI=1S/C74H130O6/c1-4-7-10-13-16-19-22-25-28-30-32-34-36-37-39-40-42-44-46-49-52-55-58-61-64-67-73(76)79-70-71(69-78-72(75)66-63-60-57-54-51-48-27-24-21-18-15-12-9-6-3)80-74(77)68-65-62-59-56-53-50-47-45-43-41-38-35-33-31-29-26-23-20-17-14-11-8-5-2/h7,10,16,19,24-25,27-28,31-34,37,39,71H,4-6,8-9,11-15,17-18,20-23,26,29-30,35-36,38,40-70H2,1-3H3/b10-7-,19-16-,27-24-,28-25-,33-31-,34-32-,39-37-. The maximum Gasteiger partial charge on any atom is 0.306 e. The molecule has 0 aliphatic heterocycles. The topological polar surface area (TPSA) is 78.9 Å². The van der Waals surface area contributed by atoms with Gasteiger partial charge in [-0.2, -0.15) is 0 Å². The fourth-order valence-electron chi connectivity index (χ4n) is 9.93. The highest BCUT2D eigenvalue weighted by molar-refractivity contribution is 5.71.